The van der Waals surface area contributed by atoms with Gasteiger partial charge in [0.15, 0.2) is 0 Å². The van der Waals surface area contributed by atoms with Gasteiger partial charge in [0.1, 0.15) is 0 Å². The monoisotopic (exact) mass is 529 g/mol. The van der Waals surface area contributed by atoms with Gasteiger partial charge < -0.3 is 15.0 Å². The predicted octanol–water partition coefficient (Wildman–Crippen LogP) is 5.53. The van der Waals surface area contributed by atoms with Gasteiger partial charge in [-0.3, -0.25) is 9.59 Å². The minimum Gasteiger partial charge on any atom is -0.339 e. The number of piperazine rings is 1. The standard InChI is InChI=1S/C28H33Cl2N3O3/c29-25-17-22(19-6-8-20(9-7-19)27(34)31-12-14-32(36)15-13-31)18-26(30)24(25)16-21-10-11-33(28(21)35)23-4-2-1-3-5-23/h6-9,17-18,21,23,36H,1-5,10-16H2. The zero-order valence-corrected chi connectivity index (χ0v) is 22.0. The Kier molecular flexibility index (Phi) is 7.87. The van der Waals surface area contributed by atoms with Crippen molar-refractivity contribution in [3.05, 3.63) is 57.6 Å². The maximum atomic E-state index is 13.1. The van der Waals surface area contributed by atoms with Crippen molar-refractivity contribution in [2.45, 2.75) is 51.0 Å². The first-order valence-electron chi connectivity index (χ1n) is 13.0. The van der Waals surface area contributed by atoms with Crippen LogP contribution in [0, 0.1) is 5.92 Å². The fourth-order valence-corrected chi connectivity index (χ4v) is 6.45. The lowest BCUT2D eigenvalue weighted by Crippen LogP contribution is -2.47. The van der Waals surface area contributed by atoms with E-state index in [4.69, 9.17) is 23.2 Å². The predicted molar refractivity (Wildman–Crippen MR) is 142 cm³/mol. The van der Waals surface area contributed by atoms with Crippen molar-refractivity contribution in [3.63, 3.8) is 0 Å². The third-order valence-corrected chi connectivity index (χ3v) is 8.64. The quantitative estimate of drug-likeness (QED) is 0.552. The van der Waals surface area contributed by atoms with Gasteiger partial charge >= 0.3 is 0 Å². The fourth-order valence-electron chi connectivity index (χ4n) is 5.81. The van der Waals surface area contributed by atoms with Crippen LogP contribution in [0.4, 0.5) is 0 Å². The largest absolute Gasteiger partial charge is 0.339 e. The van der Waals surface area contributed by atoms with E-state index in [0.29, 0.717) is 54.3 Å². The number of nitrogens with zero attached hydrogens (tertiary/aromatic N) is 3. The van der Waals surface area contributed by atoms with Crippen LogP contribution < -0.4 is 0 Å². The molecule has 2 aromatic rings. The molecule has 36 heavy (non-hydrogen) atoms. The number of hydroxylamine groups is 2. The van der Waals surface area contributed by atoms with Gasteiger partial charge in [0, 0.05) is 60.3 Å². The highest BCUT2D eigenvalue weighted by atomic mass is 35.5. The minimum atomic E-state index is -0.0641. The molecule has 192 valence electrons. The van der Waals surface area contributed by atoms with Crippen LogP contribution in [-0.2, 0) is 11.2 Å². The number of halogens is 2. The first-order valence-corrected chi connectivity index (χ1v) is 13.8. The zero-order chi connectivity index (χ0) is 25.2. The van der Waals surface area contributed by atoms with Gasteiger partial charge in [0.2, 0.25) is 5.91 Å². The lowest BCUT2D eigenvalue weighted by atomic mass is 9.93. The molecule has 1 atom stereocenters. The van der Waals surface area contributed by atoms with E-state index in [2.05, 4.69) is 4.90 Å². The van der Waals surface area contributed by atoms with Gasteiger partial charge in [0.05, 0.1) is 0 Å². The molecule has 2 heterocycles. The molecular formula is C28H33Cl2N3O3. The Labute approximate surface area is 222 Å². The summed E-state index contributed by atoms with van der Waals surface area (Å²) >= 11 is 13.4. The van der Waals surface area contributed by atoms with Gasteiger partial charge in [-0.05, 0) is 66.6 Å². The average molecular weight is 530 g/mol. The molecule has 5 rings (SSSR count). The lowest BCUT2D eigenvalue weighted by molar-refractivity contribution is -0.133. The maximum Gasteiger partial charge on any atom is 0.253 e. The Hall–Kier alpha value is -2.12. The molecule has 8 heteroatoms. The van der Waals surface area contributed by atoms with Crippen molar-refractivity contribution in [2.75, 3.05) is 32.7 Å². The molecule has 2 saturated heterocycles. The molecule has 1 N–H and O–H groups in total. The summed E-state index contributed by atoms with van der Waals surface area (Å²) in [4.78, 5) is 29.8. The van der Waals surface area contributed by atoms with E-state index < -0.39 is 0 Å². The summed E-state index contributed by atoms with van der Waals surface area (Å²) in [7, 11) is 0. The molecule has 1 saturated carbocycles. The van der Waals surface area contributed by atoms with E-state index in [9.17, 15) is 14.8 Å². The highest BCUT2D eigenvalue weighted by Gasteiger charge is 2.36. The van der Waals surface area contributed by atoms with E-state index >= 15 is 0 Å². The van der Waals surface area contributed by atoms with Crippen molar-refractivity contribution in [3.8, 4) is 11.1 Å². The number of hydrogen-bond acceptors (Lipinski definition) is 4. The normalized spacial score (nSPS) is 21.9. The van der Waals surface area contributed by atoms with Gasteiger partial charge in [-0.25, -0.2) is 0 Å². The van der Waals surface area contributed by atoms with Crippen molar-refractivity contribution >= 4 is 35.0 Å². The van der Waals surface area contributed by atoms with Crippen molar-refractivity contribution in [1.29, 1.82) is 0 Å². The Morgan fingerprint density at radius 3 is 2.14 bits per heavy atom. The van der Waals surface area contributed by atoms with Gasteiger partial charge in [0.25, 0.3) is 5.91 Å². The van der Waals surface area contributed by atoms with Crippen LogP contribution in [0.3, 0.4) is 0 Å². The molecule has 0 bridgehead atoms. The van der Waals surface area contributed by atoms with Crippen LogP contribution in [-0.4, -0.2) is 70.7 Å². The molecule has 0 spiro atoms. The number of amides is 2. The number of carbonyl (C=O) groups is 2. The Balaban J connectivity index is 1.26. The van der Waals surface area contributed by atoms with Crippen molar-refractivity contribution < 1.29 is 14.8 Å². The van der Waals surface area contributed by atoms with Gasteiger partial charge in [-0.1, -0.05) is 54.6 Å². The third kappa shape index (κ3) is 5.42. The first-order chi connectivity index (χ1) is 17.4. The highest BCUT2D eigenvalue weighted by Crippen LogP contribution is 2.36. The topological polar surface area (TPSA) is 64.1 Å². The molecule has 2 aliphatic heterocycles. The number of likely N-dealkylation sites (tertiary alicyclic amines) is 1. The fraction of sp³-hybridized carbons (Fsp3) is 0.500. The third-order valence-electron chi connectivity index (χ3n) is 7.97. The maximum absolute atomic E-state index is 13.1. The molecule has 3 fully saturated rings. The summed E-state index contributed by atoms with van der Waals surface area (Å²) in [5.74, 6) is 0.147. The van der Waals surface area contributed by atoms with Crippen LogP contribution in [0.1, 0.15) is 54.4 Å². The second kappa shape index (κ2) is 11.1. The SMILES string of the molecule is O=C(c1ccc(-c2cc(Cl)c(CC3CCN(C4CCCCC4)C3=O)c(Cl)c2)cc1)N1CCN(O)CC1. The van der Waals surface area contributed by atoms with Crippen LogP contribution in [0.25, 0.3) is 11.1 Å². The van der Waals surface area contributed by atoms with Gasteiger partial charge in [-0.2, -0.15) is 5.06 Å². The van der Waals surface area contributed by atoms with Gasteiger partial charge in [-0.15, -0.1) is 0 Å². The molecule has 1 aliphatic carbocycles. The Morgan fingerprint density at radius 1 is 0.861 bits per heavy atom. The van der Waals surface area contributed by atoms with Crippen LogP contribution in [0.5, 0.6) is 0 Å². The van der Waals surface area contributed by atoms with E-state index in [0.717, 1.165) is 42.5 Å². The Bertz CT molecular complexity index is 1090. The molecular weight excluding hydrogens is 497 g/mol. The number of rotatable bonds is 5. The first kappa shape index (κ1) is 25.5. The zero-order valence-electron chi connectivity index (χ0n) is 20.5. The van der Waals surface area contributed by atoms with Crippen LogP contribution >= 0.6 is 23.2 Å². The summed E-state index contributed by atoms with van der Waals surface area (Å²) in [5, 5.41) is 11.9. The summed E-state index contributed by atoms with van der Waals surface area (Å²) in [6, 6.07) is 11.6. The molecule has 2 amide bonds. The lowest BCUT2D eigenvalue weighted by Gasteiger charge is -2.31. The molecule has 1 unspecified atom stereocenters. The van der Waals surface area contributed by atoms with Crippen LogP contribution in [0.15, 0.2) is 36.4 Å². The summed E-state index contributed by atoms with van der Waals surface area (Å²) in [5.41, 5.74) is 3.24. The molecule has 6 nitrogen and oxygen atoms in total. The molecule has 3 aliphatic rings. The summed E-state index contributed by atoms with van der Waals surface area (Å²) < 4.78 is 0. The van der Waals surface area contributed by atoms with Crippen LogP contribution in [0.2, 0.25) is 10.0 Å². The highest BCUT2D eigenvalue weighted by molar-refractivity contribution is 6.36. The Morgan fingerprint density at radius 2 is 1.50 bits per heavy atom. The van der Waals surface area contributed by atoms with E-state index in [-0.39, 0.29) is 17.7 Å². The second-order valence-corrected chi connectivity index (χ2v) is 11.1. The summed E-state index contributed by atoms with van der Waals surface area (Å²) in [6.07, 6.45) is 7.38. The van der Waals surface area contributed by atoms with Crippen molar-refractivity contribution in [2.24, 2.45) is 5.92 Å². The van der Waals surface area contributed by atoms with E-state index in [1.54, 1.807) is 4.90 Å². The van der Waals surface area contributed by atoms with E-state index in [1.165, 1.54) is 24.3 Å². The molecule has 2 aromatic carbocycles. The average Bonchev–Trinajstić information content (AvgIpc) is 3.26. The molecule has 0 radical (unpaired) electrons. The number of carbonyl (C=O) groups excluding carboxylic acids is 2. The smallest absolute Gasteiger partial charge is 0.253 e. The van der Waals surface area contributed by atoms with E-state index in [1.807, 2.05) is 36.4 Å². The second-order valence-electron chi connectivity index (χ2n) is 10.3. The summed E-state index contributed by atoms with van der Waals surface area (Å²) in [6.45, 7) is 2.76. The number of hydrogen-bond donors (Lipinski definition) is 1. The molecule has 0 aromatic heterocycles. The number of benzene rings is 2. The van der Waals surface area contributed by atoms with Crippen molar-refractivity contribution in [1.82, 2.24) is 14.9 Å². The minimum absolute atomic E-state index is 0.0374.